The summed E-state index contributed by atoms with van der Waals surface area (Å²) < 4.78 is 1.27. The summed E-state index contributed by atoms with van der Waals surface area (Å²) in [5, 5.41) is 23.0. The van der Waals surface area contributed by atoms with E-state index in [1.807, 2.05) is 6.92 Å². The largest absolute Gasteiger partial charge is 0.477 e. The van der Waals surface area contributed by atoms with E-state index in [0.29, 0.717) is 17.2 Å². The van der Waals surface area contributed by atoms with E-state index in [-0.39, 0.29) is 42.0 Å². The van der Waals surface area contributed by atoms with Crippen LogP contribution < -0.4 is 16.8 Å². The Kier molecular flexibility index (Phi) is 6.24. The van der Waals surface area contributed by atoms with Gasteiger partial charge in [-0.1, -0.05) is 6.92 Å². The van der Waals surface area contributed by atoms with Crippen LogP contribution in [0.25, 0.3) is 0 Å². The van der Waals surface area contributed by atoms with Crippen molar-refractivity contribution in [1.82, 2.24) is 30.4 Å². The van der Waals surface area contributed by atoms with Gasteiger partial charge in [-0.3, -0.25) is 14.6 Å². The first-order valence-corrected chi connectivity index (χ1v) is 10.2. The minimum Gasteiger partial charge on any atom is -0.477 e. The van der Waals surface area contributed by atoms with E-state index in [9.17, 15) is 19.5 Å². The Labute approximate surface area is 175 Å². The molecule has 1 saturated heterocycles. The van der Waals surface area contributed by atoms with E-state index < -0.39 is 17.9 Å². The quantitative estimate of drug-likeness (QED) is 0.145. The molecule has 3 heterocycles. The number of aliphatic carboxylic acids is 1. The number of nitrogens with zero attached hydrogens (tertiary/aromatic N) is 6. The molecule has 1 fully saturated rings. The summed E-state index contributed by atoms with van der Waals surface area (Å²) >= 11 is 1.32. The van der Waals surface area contributed by atoms with Crippen molar-refractivity contribution >= 4 is 35.5 Å². The normalized spacial score (nSPS) is 23.6. The van der Waals surface area contributed by atoms with Crippen molar-refractivity contribution in [1.29, 1.82) is 0 Å². The zero-order chi connectivity index (χ0) is 22.0. The molecule has 1 aromatic heterocycles. The fourth-order valence-electron chi connectivity index (χ4n) is 3.85. The number of aliphatic imine (C=N–C) groups is 1. The Hall–Kier alpha value is -3.16. The Morgan fingerprint density at radius 2 is 2.17 bits per heavy atom. The average Bonchev–Trinajstić information content (AvgIpc) is 3.23. The molecule has 4 atom stereocenters. The summed E-state index contributed by atoms with van der Waals surface area (Å²) in [4.78, 5) is 42.7. The van der Waals surface area contributed by atoms with Crippen molar-refractivity contribution in [2.45, 2.75) is 32.5 Å². The number of guanidine groups is 1. The fourth-order valence-corrected chi connectivity index (χ4v) is 4.98. The molecule has 3 rings (SSSR count). The van der Waals surface area contributed by atoms with Crippen molar-refractivity contribution in [3.63, 3.8) is 0 Å². The second-order valence-corrected chi connectivity index (χ2v) is 8.19. The van der Waals surface area contributed by atoms with Gasteiger partial charge in [-0.2, -0.15) is 0 Å². The Bertz CT molecular complexity index is 897. The molecule has 30 heavy (non-hydrogen) atoms. The SMILES string of the molecule is CC(NC(=O)Cn1cnnn1)[C@H]1C(=O)N2C(C(=O)O)=C(SCCN=C(N)N)[C@H](C)[C@H]12. The van der Waals surface area contributed by atoms with Crippen molar-refractivity contribution in [2.24, 2.45) is 28.3 Å². The maximum atomic E-state index is 12.8. The number of aromatic nitrogens is 4. The number of β-lactam (4-membered cyclic amide) rings is 1. The number of carboxylic acids is 1. The van der Waals surface area contributed by atoms with Crippen LogP contribution in [-0.2, 0) is 20.9 Å². The number of amides is 2. The minimum absolute atomic E-state index is 0.00401. The minimum atomic E-state index is -1.16. The number of fused-ring (bicyclic) bond motifs is 1. The third-order valence-corrected chi connectivity index (χ3v) is 6.32. The smallest absolute Gasteiger partial charge is 0.353 e. The number of hydrogen-bond acceptors (Lipinski definition) is 8. The molecule has 1 aromatic rings. The first-order valence-electron chi connectivity index (χ1n) is 9.21. The van der Waals surface area contributed by atoms with E-state index >= 15 is 0 Å². The van der Waals surface area contributed by atoms with Crippen LogP contribution in [0.5, 0.6) is 0 Å². The summed E-state index contributed by atoms with van der Waals surface area (Å²) in [6.45, 7) is 3.87. The lowest BCUT2D eigenvalue weighted by molar-refractivity contribution is -0.158. The van der Waals surface area contributed by atoms with Crippen LogP contribution >= 0.6 is 11.8 Å². The third kappa shape index (κ3) is 4.08. The zero-order valence-corrected chi connectivity index (χ0v) is 17.2. The molecular weight excluding hydrogens is 414 g/mol. The number of nitrogens with two attached hydrogens (primary N) is 2. The maximum absolute atomic E-state index is 12.8. The van der Waals surface area contributed by atoms with Crippen molar-refractivity contribution in [3.8, 4) is 0 Å². The van der Waals surface area contributed by atoms with Crippen LogP contribution in [0.4, 0.5) is 0 Å². The molecule has 2 aliphatic heterocycles. The van der Waals surface area contributed by atoms with Gasteiger partial charge < -0.3 is 26.8 Å². The lowest BCUT2D eigenvalue weighted by Crippen LogP contribution is -2.66. The fraction of sp³-hybridized carbons (Fsp3) is 0.562. The maximum Gasteiger partial charge on any atom is 0.353 e. The highest BCUT2D eigenvalue weighted by Crippen LogP contribution is 2.50. The molecule has 162 valence electrons. The van der Waals surface area contributed by atoms with Crippen molar-refractivity contribution < 1.29 is 19.5 Å². The van der Waals surface area contributed by atoms with Crippen molar-refractivity contribution in [2.75, 3.05) is 12.3 Å². The number of tetrazole rings is 1. The summed E-state index contributed by atoms with van der Waals surface area (Å²) in [7, 11) is 0. The van der Waals surface area contributed by atoms with E-state index in [1.54, 1.807) is 6.92 Å². The average molecular weight is 437 g/mol. The summed E-state index contributed by atoms with van der Waals surface area (Å²) in [5.74, 6) is -2.09. The molecular formula is C16H23N9O4S. The number of thioether (sulfide) groups is 1. The summed E-state index contributed by atoms with van der Waals surface area (Å²) in [6.07, 6.45) is 1.31. The standard InChI is InChI=1S/C16H23N9O4S/c1-7-11-10(8(2)21-9(26)5-24-6-20-22-23-24)14(27)25(11)12(15(28)29)13(7)30-4-3-19-16(17)18/h6-8,10-11H,3-5H2,1-2H3,(H,21,26)(H,28,29)(H4,17,18,19)/t7-,8?,10-,11-/m1/s1. The molecule has 1 unspecified atom stereocenters. The Morgan fingerprint density at radius 1 is 1.43 bits per heavy atom. The van der Waals surface area contributed by atoms with Gasteiger partial charge in [0.15, 0.2) is 5.96 Å². The van der Waals surface area contributed by atoms with Gasteiger partial charge in [0.1, 0.15) is 18.6 Å². The third-order valence-electron chi connectivity index (χ3n) is 5.06. The van der Waals surface area contributed by atoms with Crippen LogP contribution in [0, 0.1) is 11.8 Å². The number of carboxylic acid groups (broad SMARTS) is 1. The highest BCUT2D eigenvalue weighted by atomic mass is 32.2. The first kappa shape index (κ1) is 21.5. The second kappa shape index (κ2) is 8.69. The molecule has 14 heteroatoms. The molecule has 0 bridgehead atoms. The molecule has 0 saturated carbocycles. The van der Waals surface area contributed by atoms with Gasteiger partial charge in [0.2, 0.25) is 11.8 Å². The van der Waals surface area contributed by atoms with Crippen molar-refractivity contribution in [3.05, 3.63) is 16.9 Å². The van der Waals surface area contributed by atoms with Gasteiger partial charge in [-0.05, 0) is 17.4 Å². The highest BCUT2D eigenvalue weighted by molar-refractivity contribution is 8.03. The predicted octanol–water partition coefficient (Wildman–Crippen LogP) is -2.04. The number of carbonyl (C=O) groups is 3. The Morgan fingerprint density at radius 3 is 2.77 bits per heavy atom. The second-order valence-electron chi connectivity index (χ2n) is 7.05. The summed E-state index contributed by atoms with van der Waals surface area (Å²) in [5.41, 5.74) is 10.6. The topological polar surface area (TPSA) is 195 Å². The highest BCUT2D eigenvalue weighted by Gasteiger charge is 2.60. The molecule has 2 aliphatic rings. The molecule has 0 aliphatic carbocycles. The van der Waals surface area contributed by atoms with Gasteiger partial charge >= 0.3 is 5.97 Å². The number of carbonyl (C=O) groups excluding carboxylic acids is 2. The molecule has 2 amide bonds. The van der Waals surface area contributed by atoms with Crippen LogP contribution in [-0.4, -0.2) is 78.3 Å². The molecule has 0 aromatic carbocycles. The van der Waals surface area contributed by atoms with Gasteiger partial charge in [0, 0.05) is 22.6 Å². The predicted molar refractivity (Wildman–Crippen MR) is 107 cm³/mol. The molecule has 6 N–H and O–H groups in total. The first-order chi connectivity index (χ1) is 14.2. The van der Waals surface area contributed by atoms with Crippen LogP contribution in [0.3, 0.4) is 0 Å². The van der Waals surface area contributed by atoms with E-state index in [4.69, 9.17) is 11.5 Å². The monoisotopic (exact) mass is 437 g/mol. The zero-order valence-electron chi connectivity index (χ0n) is 16.4. The van der Waals surface area contributed by atoms with Gasteiger partial charge in [0.25, 0.3) is 0 Å². The van der Waals surface area contributed by atoms with Crippen LogP contribution in [0.1, 0.15) is 13.8 Å². The van der Waals surface area contributed by atoms with Gasteiger partial charge in [0.05, 0.1) is 18.5 Å². The van der Waals surface area contributed by atoms with Gasteiger partial charge in [-0.25, -0.2) is 9.48 Å². The van der Waals surface area contributed by atoms with E-state index in [0.717, 1.165) is 0 Å². The number of rotatable bonds is 9. The van der Waals surface area contributed by atoms with E-state index in [1.165, 1.54) is 27.7 Å². The Balaban J connectivity index is 1.68. The lowest BCUT2D eigenvalue weighted by atomic mass is 9.78. The lowest BCUT2D eigenvalue weighted by Gasteiger charge is -2.47. The molecule has 0 spiro atoms. The molecule has 13 nitrogen and oxygen atoms in total. The summed E-state index contributed by atoms with van der Waals surface area (Å²) in [6, 6.07) is -0.816. The molecule has 0 radical (unpaired) electrons. The number of nitrogens with one attached hydrogen (secondary N) is 1. The van der Waals surface area contributed by atoms with Crippen LogP contribution in [0.2, 0.25) is 0 Å². The van der Waals surface area contributed by atoms with Crippen LogP contribution in [0.15, 0.2) is 21.9 Å². The van der Waals surface area contributed by atoms with E-state index in [2.05, 4.69) is 25.8 Å². The number of hydrogen-bond donors (Lipinski definition) is 4. The van der Waals surface area contributed by atoms with Gasteiger partial charge in [-0.15, -0.1) is 16.9 Å².